The van der Waals surface area contributed by atoms with Crippen molar-refractivity contribution in [2.24, 2.45) is 5.92 Å². The molecule has 3 N–H and O–H groups in total. The van der Waals surface area contributed by atoms with Crippen LogP contribution in [-0.4, -0.2) is 27.9 Å². The zero-order valence-electron chi connectivity index (χ0n) is 13.8. The Morgan fingerprint density at radius 1 is 1.38 bits per heavy atom. The van der Waals surface area contributed by atoms with Crippen LogP contribution in [0.4, 0.5) is 4.39 Å². The molecule has 2 heterocycles. The summed E-state index contributed by atoms with van der Waals surface area (Å²) in [4.78, 5) is 0. The number of aromatic hydroxyl groups is 2. The summed E-state index contributed by atoms with van der Waals surface area (Å²) >= 11 is 0. The lowest BCUT2D eigenvalue weighted by Crippen LogP contribution is -2.36. The number of aromatic nitrogens is 1. The van der Waals surface area contributed by atoms with Gasteiger partial charge in [-0.05, 0) is 50.9 Å². The Morgan fingerprint density at radius 2 is 2.08 bits per heavy atom. The van der Waals surface area contributed by atoms with Gasteiger partial charge in [0.15, 0.2) is 5.82 Å². The van der Waals surface area contributed by atoms with Crippen molar-refractivity contribution in [1.82, 2.24) is 9.88 Å². The zero-order valence-corrected chi connectivity index (χ0v) is 13.8. The highest BCUT2D eigenvalue weighted by Gasteiger charge is 2.24. The van der Waals surface area contributed by atoms with Gasteiger partial charge < -0.3 is 20.1 Å². The lowest BCUT2D eigenvalue weighted by Gasteiger charge is -2.24. The number of nitrogens with one attached hydrogen (secondary N) is 1. The van der Waals surface area contributed by atoms with E-state index >= 15 is 4.39 Å². The number of nitrogens with zero attached hydrogens (tertiary/aromatic N) is 1. The number of piperidine rings is 1. The first-order valence-electron chi connectivity index (χ1n) is 8.30. The van der Waals surface area contributed by atoms with Gasteiger partial charge in [0, 0.05) is 17.1 Å². The number of hydrogen-bond acceptors (Lipinski definition) is 3. The summed E-state index contributed by atoms with van der Waals surface area (Å²) in [5.74, 6) is -0.375. The summed E-state index contributed by atoms with van der Waals surface area (Å²) in [5, 5.41) is 24.7. The molecule has 1 aromatic heterocycles. The Labute approximate surface area is 140 Å². The molecule has 24 heavy (non-hydrogen) atoms. The average molecular weight is 330 g/mol. The molecule has 0 radical (unpaired) electrons. The minimum absolute atomic E-state index is 0.122. The summed E-state index contributed by atoms with van der Waals surface area (Å²) in [6, 6.07) is 4.43. The number of benzene rings is 1. The van der Waals surface area contributed by atoms with Gasteiger partial charge in [0.1, 0.15) is 11.5 Å². The average Bonchev–Trinajstić information content (AvgIpc) is 2.79. The molecule has 0 saturated carbocycles. The van der Waals surface area contributed by atoms with Crippen molar-refractivity contribution in [2.45, 2.75) is 26.3 Å². The fraction of sp³-hybridized carbons (Fsp3) is 0.368. The second kappa shape index (κ2) is 6.69. The lowest BCUT2D eigenvalue weighted by molar-refractivity contribution is 0.335. The van der Waals surface area contributed by atoms with E-state index in [9.17, 15) is 10.2 Å². The van der Waals surface area contributed by atoms with Crippen molar-refractivity contribution in [2.75, 3.05) is 13.1 Å². The van der Waals surface area contributed by atoms with Crippen LogP contribution in [-0.2, 0) is 6.54 Å². The molecule has 1 saturated heterocycles. The Kier molecular flexibility index (Phi) is 4.62. The first-order chi connectivity index (χ1) is 11.5. The zero-order chi connectivity index (χ0) is 17.3. The molecule has 0 amide bonds. The molecule has 128 valence electrons. The second-order valence-corrected chi connectivity index (χ2v) is 6.31. The summed E-state index contributed by atoms with van der Waals surface area (Å²) in [7, 11) is 0. The molecule has 4 nitrogen and oxygen atoms in total. The van der Waals surface area contributed by atoms with E-state index in [0.717, 1.165) is 25.9 Å². The monoisotopic (exact) mass is 330 g/mol. The summed E-state index contributed by atoms with van der Waals surface area (Å²) < 4.78 is 16.8. The third-order valence-corrected chi connectivity index (χ3v) is 4.74. The number of halogens is 1. The van der Waals surface area contributed by atoms with Gasteiger partial charge in [0.2, 0.25) is 0 Å². The maximum absolute atomic E-state index is 15.0. The van der Waals surface area contributed by atoms with E-state index in [1.165, 1.54) is 18.2 Å². The van der Waals surface area contributed by atoms with Crippen LogP contribution in [0.25, 0.3) is 23.9 Å². The molecule has 5 heteroatoms. The predicted octanol–water partition coefficient (Wildman–Crippen LogP) is 1.92. The number of hydrogen-bond donors (Lipinski definition) is 3. The van der Waals surface area contributed by atoms with Gasteiger partial charge in [-0.2, -0.15) is 0 Å². The topological polar surface area (TPSA) is 57.4 Å². The molecule has 0 spiro atoms. The van der Waals surface area contributed by atoms with Gasteiger partial charge in [0.25, 0.3) is 0 Å². The van der Waals surface area contributed by atoms with Crippen LogP contribution < -0.4 is 15.9 Å². The highest BCUT2D eigenvalue weighted by Crippen LogP contribution is 2.37. The van der Waals surface area contributed by atoms with E-state index < -0.39 is 5.82 Å². The smallest absolute Gasteiger partial charge is 0.156 e. The molecule has 1 fully saturated rings. The first kappa shape index (κ1) is 16.6. The SMILES string of the molecule is C=c1/c(=C\C)c(F)c(-c2c(O)cccc2O)n1C[C@@H]1CCCNC1. The van der Waals surface area contributed by atoms with Crippen LogP contribution in [0.1, 0.15) is 19.8 Å². The van der Waals surface area contributed by atoms with Gasteiger partial charge in [-0.1, -0.05) is 18.7 Å². The Bertz CT molecular complexity index is 831. The minimum Gasteiger partial charge on any atom is -0.507 e. The molecule has 0 bridgehead atoms. The molecule has 2 aromatic rings. The number of phenols is 2. The fourth-order valence-electron chi connectivity index (χ4n) is 3.50. The summed E-state index contributed by atoms with van der Waals surface area (Å²) in [6.07, 6.45) is 3.82. The fourth-order valence-corrected chi connectivity index (χ4v) is 3.50. The van der Waals surface area contributed by atoms with Gasteiger partial charge in [0.05, 0.1) is 11.3 Å². The molecule has 1 aliphatic heterocycles. The van der Waals surface area contributed by atoms with E-state index in [2.05, 4.69) is 11.9 Å². The maximum Gasteiger partial charge on any atom is 0.156 e. The van der Waals surface area contributed by atoms with E-state index in [1.54, 1.807) is 17.6 Å². The van der Waals surface area contributed by atoms with Crippen molar-refractivity contribution >= 4 is 12.7 Å². The van der Waals surface area contributed by atoms with Gasteiger partial charge >= 0.3 is 0 Å². The second-order valence-electron chi connectivity index (χ2n) is 6.31. The first-order valence-corrected chi connectivity index (χ1v) is 8.30. The predicted molar refractivity (Wildman–Crippen MR) is 93.7 cm³/mol. The largest absolute Gasteiger partial charge is 0.507 e. The van der Waals surface area contributed by atoms with Gasteiger partial charge in [-0.25, -0.2) is 4.39 Å². The molecule has 0 aliphatic carbocycles. The van der Waals surface area contributed by atoms with Crippen molar-refractivity contribution in [1.29, 1.82) is 0 Å². The molecular formula is C19H23FN2O2. The highest BCUT2D eigenvalue weighted by molar-refractivity contribution is 5.75. The number of rotatable bonds is 3. The maximum atomic E-state index is 15.0. The van der Waals surface area contributed by atoms with Crippen LogP contribution in [0.2, 0.25) is 0 Å². The van der Waals surface area contributed by atoms with E-state index in [1.807, 2.05) is 0 Å². The summed E-state index contributed by atoms with van der Waals surface area (Å²) in [6.45, 7) is 8.27. The molecule has 0 unspecified atom stereocenters. The van der Waals surface area contributed by atoms with Crippen LogP contribution >= 0.6 is 0 Å². The normalized spacial score (nSPS) is 18.9. The van der Waals surface area contributed by atoms with Crippen LogP contribution in [0, 0.1) is 11.7 Å². The van der Waals surface area contributed by atoms with Crippen molar-refractivity contribution in [3.05, 3.63) is 34.6 Å². The Hall–Kier alpha value is -2.27. The molecule has 1 aromatic carbocycles. The van der Waals surface area contributed by atoms with E-state index in [0.29, 0.717) is 23.0 Å². The van der Waals surface area contributed by atoms with E-state index in [-0.39, 0.29) is 22.8 Å². The lowest BCUT2D eigenvalue weighted by atomic mass is 9.99. The van der Waals surface area contributed by atoms with Gasteiger partial charge in [-0.3, -0.25) is 0 Å². The van der Waals surface area contributed by atoms with Crippen LogP contribution in [0.15, 0.2) is 18.2 Å². The molecule has 1 atom stereocenters. The highest BCUT2D eigenvalue weighted by atomic mass is 19.1. The summed E-state index contributed by atoms with van der Waals surface area (Å²) in [5.41, 5.74) is 0.325. The molecule has 1 aliphatic rings. The van der Waals surface area contributed by atoms with Crippen LogP contribution in [0.3, 0.4) is 0 Å². The van der Waals surface area contributed by atoms with E-state index in [4.69, 9.17) is 0 Å². The molecule has 3 rings (SSSR count). The third kappa shape index (κ3) is 2.80. The Balaban J connectivity index is 2.19. The minimum atomic E-state index is -0.455. The van der Waals surface area contributed by atoms with Crippen molar-refractivity contribution in [3.63, 3.8) is 0 Å². The quantitative estimate of drug-likeness (QED) is 0.806. The standard InChI is InChI=1S/C19H23FN2O2/c1-3-14-12(2)22(11-13-6-5-9-21-10-13)19(18(14)20)17-15(23)7-4-8-16(17)24/h3-4,7-8,13,21,23-24H,2,5-6,9-11H2,1H3/b14-3+/t13-/m1/s1. The van der Waals surface area contributed by atoms with Crippen molar-refractivity contribution < 1.29 is 14.6 Å². The number of phenolic OH excluding ortho intramolecular Hbond substituents is 2. The van der Waals surface area contributed by atoms with Gasteiger partial charge in [-0.15, -0.1) is 0 Å². The third-order valence-electron chi connectivity index (χ3n) is 4.74. The molecular weight excluding hydrogens is 307 g/mol. The Morgan fingerprint density at radius 3 is 2.67 bits per heavy atom. The van der Waals surface area contributed by atoms with Crippen molar-refractivity contribution in [3.8, 4) is 22.8 Å². The van der Waals surface area contributed by atoms with Crippen LogP contribution in [0.5, 0.6) is 11.5 Å².